The molecule has 0 radical (unpaired) electrons. The van der Waals surface area contributed by atoms with Crippen molar-refractivity contribution in [2.45, 2.75) is 62.9 Å². The van der Waals surface area contributed by atoms with Crippen LogP contribution in [-0.2, 0) is 16.1 Å². The first kappa shape index (κ1) is 16.4. The lowest BCUT2D eigenvalue weighted by molar-refractivity contribution is 0.0211. The Labute approximate surface area is 153 Å². The number of nitrogens with zero attached hydrogens (tertiary/aromatic N) is 3. The molecule has 0 amide bonds. The molecule has 3 aliphatic rings. The Morgan fingerprint density at radius 2 is 1.96 bits per heavy atom. The molecule has 0 spiro atoms. The second-order valence-electron chi connectivity index (χ2n) is 7.74. The maximum atomic E-state index is 6.03. The van der Waals surface area contributed by atoms with Gasteiger partial charge in [-0.2, -0.15) is 0 Å². The van der Waals surface area contributed by atoms with Gasteiger partial charge < -0.3 is 14.8 Å². The molecule has 3 atom stereocenters. The number of hydrogen-bond donors (Lipinski definition) is 1. The van der Waals surface area contributed by atoms with Crippen LogP contribution in [-0.4, -0.2) is 46.4 Å². The first-order valence-corrected chi connectivity index (χ1v) is 9.86. The van der Waals surface area contributed by atoms with Crippen LogP contribution < -0.4 is 5.32 Å². The van der Waals surface area contributed by atoms with E-state index in [0.717, 1.165) is 24.5 Å². The van der Waals surface area contributed by atoms with Gasteiger partial charge in [-0.05, 0) is 30.5 Å². The molecule has 6 nitrogen and oxygen atoms in total. The summed E-state index contributed by atoms with van der Waals surface area (Å²) in [5, 5.41) is 12.1. The number of aromatic nitrogens is 3. The first-order valence-electron chi connectivity index (χ1n) is 9.86. The molecule has 138 valence electrons. The second-order valence-corrected chi connectivity index (χ2v) is 7.74. The van der Waals surface area contributed by atoms with Gasteiger partial charge in [0.15, 0.2) is 0 Å². The quantitative estimate of drug-likeness (QED) is 0.836. The van der Waals surface area contributed by atoms with E-state index in [0.29, 0.717) is 24.7 Å². The van der Waals surface area contributed by atoms with Gasteiger partial charge in [-0.25, -0.2) is 4.68 Å². The van der Waals surface area contributed by atoms with E-state index in [1.54, 1.807) is 0 Å². The largest absolute Gasteiger partial charge is 0.369 e. The van der Waals surface area contributed by atoms with Crippen molar-refractivity contribution in [2.75, 3.05) is 13.1 Å². The summed E-state index contributed by atoms with van der Waals surface area (Å²) in [7, 11) is 0. The lowest BCUT2D eigenvalue weighted by atomic mass is 9.87. The van der Waals surface area contributed by atoms with Crippen molar-refractivity contribution in [1.29, 1.82) is 0 Å². The Morgan fingerprint density at radius 1 is 1.12 bits per heavy atom. The molecule has 1 aromatic carbocycles. The number of ether oxygens (including phenoxy) is 2. The summed E-state index contributed by atoms with van der Waals surface area (Å²) < 4.78 is 13.5. The minimum atomic E-state index is 0.168. The van der Waals surface area contributed by atoms with Crippen molar-refractivity contribution in [3.8, 4) is 5.69 Å². The Bertz CT molecular complexity index is 739. The molecule has 2 aromatic rings. The average Bonchev–Trinajstić information content (AvgIpc) is 3.34. The lowest BCUT2D eigenvalue weighted by Gasteiger charge is -2.20. The fraction of sp³-hybridized carbons (Fsp3) is 0.600. The summed E-state index contributed by atoms with van der Waals surface area (Å²) in [5.74, 6) is 0.586. The number of rotatable bonds is 5. The number of epoxide rings is 1. The van der Waals surface area contributed by atoms with Crippen LogP contribution in [0.1, 0.15) is 49.3 Å². The van der Waals surface area contributed by atoms with Crippen molar-refractivity contribution >= 4 is 0 Å². The molecule has 5 rings (SSSR count). The average molecular weight is 354 g/mol. The van der Waals surface area contributed by atoms with Gasteiger partial charge in [-0.1, -0.05) is 36.6 Å². The molecular weight excluding hydrogens is 328 g/mol. The predicted octanol–water partition coefficient (Wildman–Crippen LogP) is 2.57. The van der Waals surface area contributed by atoms with Gasteiger partial charge >= 0.3 is 0 Å². The molecule has 0 unspecified atom stereocenters. The van der Waals surface area contributed by atoms with Gasteiger partial charge in [0.25, 0.3) is 0 Å². The molecule has 26 heavy (non-hydrogen) atoms. The number of piperidine rings is 1. The van der Waals surface area contributed by atoms with Gasteiger partial charge in [0, 0.05) is 19.0 Å². The highest BCUT2D eigenvalue weighted by Crippen LogP contribution is 2.32. The maximum Gasteiger partial charge on any atom is 0.113 e. The van der Waals surface area contributed by atoms with Crippen molar-refractivity contribution in [3.63, 3.8) is 0 Å². The Hall–Kier alpha value is -1.76. The highest BCUT2D eigenvalue weighted by atomic mass is 16.6. The zero-order valence-corrected chi connectivity index (χ0v) is 15.0. The summed E-state index contributed by atoms with van der Waals surface area (Å²) >= 11 is 0. The predicted molar refractivity (Wildman–Crippen MR) is 97.3 cm³/mol. The van der Waals surface area contributed by atoms with E-state index >= 15 is 0 Å². The minimum Gasteiger partial charge on any atom is -0.369 e. The molecule has 1 N–H and O–H groups in total. The SMILES string of the molecule is c1cc(-n2cc(C3CCCCC3)nn2)ccc1CO[C@@H]1CNC[C@H]2O[C@@H]12. The third-order valence-electron chi connectivity index (χ3n) is 5.88. The van der Waals surface area contributed by atoms with Gasteiger partial charge in [-0.15, -0.1) is 5.10 Å². The molecule has 1 saturated carbocycles. The molecule has 2 aliphatic heterocycles. The fourth-order valence-electron chi connectivity index (χ4n) is 4.22. The van der Waals surface area contributed by atoms with E-state index in [2.05, 4.69) is 46.1 Å². The minimum absolute atomic E-state index is 0.168. The number of nitrogens with one attached hydrogen (secondary N) is 1. The van der Waals surface area contributed by atoms with E-state index in [1.165, 1.54) is 37.7 Å². The summed E-state index contributed by atoms with van der Waals surface area (Å²) in [6, 6.07) is 8.40. The molecule has 1 aliphatic carbocycles. The van der Waals surface area contributed by atoms with Crippen LogP contribution in [0.4, 0.5) is 0 Å². The van der Waals surface area contributed by atoms with Crippen LogP contribution in [0.2, 0.25) is 0 Å². The summed E-state index contributed by atoms with van der Waals surface area (Å²) in [4.78, 5) is 0. The molecule has 6 heteroatoms. The number of hydrogen-bond acceptors (Lipinski definition) is 5. The normalized spacial score (nSPS) is 28.7. The molecule has 1 aromatic heterocycles. The Morgan fingerprint density at radius 3 is 2.81 bits per heavy atom. The molecular formula is C20H26N4O2. The van der Waals surface area contributed by atoms with Gasteiger partial charge in [-0.3, -0.25) is 0 Å². The summed E-state index contributed by atoms with van der Waals surface area (Å²) in [6.45, 7) is 2.45. The molecule has 3 heterocycles. The van der Waals surface area contributed by atoms with Crippen LogP contribution in [0.3, 0.4) is 0 Å². The summed E-state index contributed by atoms with van der Waals surface area (Å²) in [6.07, 6.45) is 9.41. The highest BCUT2D eigenvalue weighted by molar-refractivity contribution is 5.34. The van der Waals surface area contributed by atoms with Crippen LogP contribution in [0.15, 0.2) is 30.5 Å². The van der Waals surface area contributed by atoms with Crippen molar-refractivity contribution < 1.29 is 9.47 Å². The van der Waals surface area contributed by atoms with Crippen LogP contribution in [0, 0.1) is 0 Å². The highest BCUT2D eigenvalue weighted by Gasteiger charge is 2.48. The van der Waals surface area contributed by atoms with Crippen LogP contribution >= 0.6 is 0 Å². The third kappa shape index (κ3) is 3.41. The van der Waals surface area contributed by atoms with Gasteiger partial charge in [0.05, 0.1) is 36.4 Å². The van der Waals surface area contributed by atoms with E-state index in [-0.39, 0.29) is 6.10 Å². The maximum absolute atomic E-state index is 6.03. The molecule has 2 saturated heterocycles. The van der Waals surface area contributed by atoms with E-state index in [9.17, 15) is 0 Å². The second kappa shape index (κ2) is 7.10. The smallest absolute Gasteiger partial charge is 0.113 e. The van der Waals surface area contributed by atoms with Crippen LogP contribution in [0.5, 0.6) is 0 Å². The Kier molecular flexibility index (Phi) is 4.48. The number of benzene rings is 1. The van der Waals surface area contributed by atoms with Gasteiger partial charge in [0.1, 0.15) is 6.10 Å². The third-order valence-corrected chi connectivity index (χ3v) is 5.88. The van der Waals surface area contributed by atoms with E-state index in [1.807, 2.05) is 4.68 Å². The standard InChI is InChI=1S/C20H26N4O2/c1-2-4-15(5-3-1)17-12-24(23-22-17)16-8-6-14(7-9-16)13-25-18-10-21-11-19-20(18)26-19/h6-9,12,15,18-21H,1-5,10-11,13H2/t18-,19-,20+/m1/s1. The van der Waals surface area contributed by atoms with E-state index < -0.39 is 0 Å². The molecule has 0 bridgehead atoms. The summed E-state index contributed by atoms with van der Waals surface area (Å²) in [5.41, 5.74) is 3.36. The molecule has 3 fully saturated rings. The number of fused-ring (bicyclic) bond motifs is 1. The van der Waals surface area contributed by atoms with Crippen molar-refractivity contribution in [1.82, 2.24) is 20.3 Å². The van der Waals surface area contributed by atoms with E-state index in [4.69, 9.17) is 9.47 Å². The van der Waals surface area contributed by atoms with Crippen LogP contribution in [0.25, 0.3) is 5.69 Å². The van der Waals surface area contributed by atoms with Gasteiger partial charge in [0.2, 0.25) is 0 Å². The van der Waals surface area contributed by atoms with Crippen molar-refractivity contribution in [2.24, 2.45) is 0 Å². The lowest BCUT2D eigenvalue weighted by Crippen LogP contribution is -2.41. The van der Waals surface area contributed by atoms with Crippen molar-refractivity contribution in [3.05, 3.63) is 41.7 Å². The fourth-order valence-corrected chi connectivity index (χ4v) is 4.22. The zero-order chi connectivity index (χ0) is 17.3. The monoisotopic (exact) mass is 354 g/mol. The zero-order valence-electron chi connectivity index (χ0n) is 15.0. The topological polar surface area (TPSA) is 64.5 Å². The first-order chi connectivity index (χ1) is 12.9. The Balaban J connectivity index is 1.20.